The molecular formula is C15H21BrN2. The van der Waals surface area contributed by atoms with Crippen LogP contribution >= 0.6 is 15.9 Å². The summed E-state index contributed by atoms with van der Waals surface area (Å²) in [7, 11) is 0. The standard InChI is InChI=1S/C15H21BrN2/c16-15-13(2-1-3-14(15)17)10-18(8-11-4-5-11)9-12-6-7-12/h1-3,11-12H,4-10,17H2. The van der Waals surface area contributed by atoms with Crippen molar-refractivity contribution in [1.82, 2.24) is 4.90 Å². The average molecular weight is 309 g/mol. The Morgan fingerprint density at radius 2 is 1.72 bits per heavy atom. The fourth-order valence-electron chi connectivity index (χ4n) is 2.50. The van der Waals surface area contributed by atoms with Gasteiger partial charge in [-0.1, -0.05) is 12.1 Å². The predicted molar refractivity (Wildman–Crippen MR) is 79.3 cm³/mol. The summed E-state index contributed by atoms with van der Waals surface area (Å²) in [6.45, 7) is 3.59. The van der Waals surface area contributed by atoms with E-state index < -0.39 is 0 Å². The van der Waals surface area contributed by atoms with Crippen LogP contribution in [-0.2, 0) is 6.54 Å². The molecule has 18 heavy (non-hydrogen) atoms. The largest absolute Gasteiger partial charge is 0.398 e. The highest BCUT2D eigenvalue weighted by atomic mass is 79.9. The number of hydrogen-bond donors (Lipinski definition) is 1. The van der Waals surface area contributed by atoms with Crippen LogP contribution in [0.5, 0.6) is 0 Å². The van der Waals surface area contributed by atoms with Crippen molar-refractivity contribution in [2.24, 2.45) is 11.8 Å². The van der Waals surface area contributed by atoms with Crippen LogP contribution in [0.4, 0.5) is 5.69 Å². The zero-order chi connectivity index (χ0) is 12.5. The lowest BCUT2D eigenvalue weighted by Gasteiger charge is -2.23. The highest BCUT2D eigenvalue weighted by Crippen LogP contribution is 2.35. The van der Waals surface area contributed by atoms with E-state index in [1.807, 2.05) is 6.07 Å². The molecule has 0 aliphatic heterocycles. The second-order valence-electron chi connectivity index (χ2n) is 5.90. The van der Waals surface area contributed by atoms with Crippen molar-refractivity contribution >= 4 is 21.6 Å². The fourth-order valence-corrected chi connectivity index (χ4v) is 2.89. The first kappa shape index (κ1) is 12.5. The number of nitrogens with zero attached hydrogens (tertiary/aromatic N) is 1. The molecule has 2 fully saturated rings. The van der Waals surface area contributed by atoms with Crippen molar-refractivity contribution < 1.29 is 0 Å². The minimum Gasteiger partial charge on any atom is -0.398 e. The smallest absolute Gasteiger partial charge is 0.0461 e. The monoisotopic (exact) mass is 308 g/mol. The first-order valence-electron chi connectivity index (χ1n) is 6.97. The molecule has 2 nitrogen and oxygen atoms in total. The maximum Gasteiger partial charge on any atom is 0.0461 e. The van der Waals surface area contributed by atoms with Crippen molar-refractivity contribution in [3.8, 4) is 0 Å². The third-order valence-electron chi connectivity index (χ3n) is 3.93. The van der Waals surface area contributed by atoms with Crippen molar-refractivity contribution in [2.75, 3.05) is 18.8 Å². The molecule has 1 aromatic carbocycles. The van der Waals surface area contributed by atoms with E-state index in [9.17, 15) is 0 Å². The van der Waals surface area contributed by atoms with Crippen LogP contribution in [0.25, 0.3) is 0 Å². The molecule has 0 heterocycles. The molecule has 98 valence electrons. The maximum absolute atomic E-state index is 5.96. The van der Waals surface area contributed by atoms with E-state index in [1.165, 1.54) is 44.3 Å². The van der Waals surface area contributed by atoms with Crippen molar-refractivity contribution in [2.45, 2.75) is 32.2 Å². The van der Waals surface area contributed by atoms with Gasteiger partial charge in [-0.05, 0) is 65.1 Å². The lowest BCUT2D eigenvalue weighted by molar-refractivity contribution is 0.244. The predicted octanol–water partition coefficient (Wildman–Crippen LogP) is 3.65. The van der Waals surface area contributed by atoms with Crippen LogP contribution in [0, 0.1) is 11.8 Å². The van der Waals surface area contributed by atoms with Gasteiger partial charge >= 0.3 is 0 Å². The third kappa shape index (κ3) is 3.27. The van der Waals surface area contributed by atoms with E-state index in [0.29, 0.717) is 0 Å². The molecule has 2 aliphatic rings. The number of nitrogen functional groups attached to an aromatic ring is 1. The zero-order valence-electron chi connectivity index (χ0n) is 10.7. The van der Waals surface area contributed by atoms with Crippen LogP contribution in [0.2, 0.25) is 0 Å². The van der Waals surface area contributed by atoms with E-state index in [1.54, 1.807) is 0 Å². The van der Waals surface area contributed by atoms with Gasteiger partial charge in [0.15, 0.2) is 0 Å². The fraction of sp³-hybridized carbons (Fsp3) is 0.600. The SMILES string of the molecule is Nc1cccc(CN(CC2CC2)CC2CC2)c1Br. The Kier molecular flexibility index (Phi) is 3.62. The summed E-state index contributed by atoms with van der Waals surface area (Å²) in [5, 5.41) is 0. The Labute approximate surface area is 118 Å². The summed E-state index contributed by atoms with van der Waals surface area (Å²) < 4.78 is 1.08. The Bertz CT molecular complexity index is 411. The molecule has 3 rings (SSSR count). The van der Waals surface area contributed by atoms with Gasteiger partial charge in [0.2, 0.25) is 0 Å². The molecule has 0 radical (unpaired) electrons. The number of halogens is 1. The number of nitrogens with two attached hydrogens (primary N) is 1. The van der Waals surface area contributed by atoms with E-state index in [-0.39, 0.29) is 0 Å². The molecule has 2 N–H and O–H groups in total. The molecule has 0 spiro atoms. The van der Waals surface area contributed by atoms with Gasteiger partial charge in [-0.15, -0.1) is 0 Å². The highest BCUT2D eigenvalue weighted by molar-refractivity contribution is 9.10. The van der Waals surface area contributed by atoms with Gasteiger partial charge in [-0.25, -0.2) is 0 Å². The van der Waals surface area contributed by atoms with Gasteiger partial charge in [0.05, 0.1) is 0 Å². The molecule has 0 bridgehead atoms. The van der Waals surface area contributed by atoms with Crippen molar-refractivity contribution in [3.63, 3.8) is 0 Å². The number of rotatable bonds is 6. The van der Waals surface area contributed by atoms with Crippen molar-refractivity contribution in [3.05, 3.63) is 28.2 Å². The molecule has 0 aromatic heterocycles. The van der Waals surface area contributed by atoms with Crippen LogP contribution in [0.3, 0.4) is 0 Å². The minimum atomic E-state index is 0.852. The molecule has 0 amide bonds. The van der Waals surface area contributed by atoms with E-state index in [4.69, 9.17) is 5.73 Å². The molecular weight excluding hydrogens is 288 g/mol. The summed E-state index contributed by atoms with van der Waals surface area (Å²) in [4.78, 5) is 2.63. The van der Waals surface area contributed by atoms with Crippen LogP contribution in [-0.4, -0.2) is 18.0 Å². The number of hydrogen-bond acceptors (Lipinski definition) is 2. The van der Waals surface area contributed by atoms with E-state index >= 15 is 0 Å². The van der Waals surface area contributed by atoms with Gasteiger partial charge in [-0.3, -0.25) is 4.90 Å². The molecule has 0 atom stereocenters. The minimum absolute atomic E-state index is 0.852. The quantitative estimate of drug-likeness (QED) is 0.813. The van der Waals surface area contributed by atoms with Crippen LogP contribution in [0.15, 0.2) is 22.7 Å². The van der Waals surface area contributed by atoms with Crippen LogP contribution in [0.1, 0.15) is 31.2 Å². The molecule has 2 aliphatic carbocycles. The van der Waals surface area contributed by atoms with Crippen LogP contribution < -0.4 is 5.73 Å². The highest BCUT2D eigenvalue weighted by Gasteiger charge is 2.29. The second-order valence-corrected chi connectivity index (χ2v) is 6.69. The van der Waals surface area contributed by atoms with Gasteiger partial charge in [0.25, 0.3) is 0 Å². The van der Waals surface area contributed by atoms with E-state index in [0.717, 1.165) is 28.5 Å². The Balaban J connectivity index is 1.67. The first-order chi connectivity index (χ1) is 8.72. The topological polar surface area (TPSA) is 29.3 Å². The van der Waals surface area contributed by atoms with Gasteiger partial charge in [0.1, 0.15) is 0 Å². The number of anilines is 1. The summed E-state index contributed by atoms with van der Waals surface area (Å²) in [5.41, 5.74) is 8.14. The average Bonchev–Trinajstić information content (AvgIpc) is 3.20. The number of benzene rings is 1. The zero-order valence-corrected chi connectivity index (χ0v) is 12.3. The summed E-state index contributed by atoms with van der Waals surface area (Å²) in [5.74, 6) is 1.92. The van der Waals surface area contributed by atoms with Gasteiger partial charge in [0, 0.05) is 29.8 Å². The Morgan fingerprint density at radius 1 is 1.11 bits per heavy atom. The first-order valence-corrected chi connectivity index (χ1v) is 7.77. The summed E-state index contributed by atoms with van der Waals surface area (Å²) >= 11 is 3.62. The third-order valence-corrected chi connectivity index (χ3v) is 4.90. The second kappa shape index (κ2) is 5.22. The summed E-state index contributed by atoms with van der Waals surface area (Å²) in [6, 6.07) is 6.20. The van der Waals surface area contributed by atoms with Gasteiger partial charge in [-0.2, -0.15) is 0 Å². The lowest BCUT2D eigenvalue weighted by Crippen LogP contribution is -2.28. The Hall–Kier alpha value is -0.540. The normalized spacial score (nSPS) is 19.4. The summed E-state index contributed by atoms with van der Waals surface area (Å²) in [6.07, 6.45) is 5.72. The van der Waals surface area contributed by atoms with E-state index in [2.05, 4.69) is 33.0 Å². The Morgan fingerprint density at radius 3 is 2.28 bits per heavy atom. The van der Waals surface area contributed by atoms with Crippen molar-refractivity contribution in [1.29, 1.82) is 0 Å². The molecule has 1 aromatic rings. The molecule has 2 saturated carbocycles. The van der Waals surface area contributed by atoms with Gasteiger partial charge < -0.3 is 5.73 Å². The molecule has 3 heteroatoms. The molecule has 0 unspecified atom stereocenters. The lowest BCUT2D eigenvalue weighted by atomic mass is 10.1. The maximum atomic E-state index is 5.96. The molecule has 0 saturated heterocycles.